The van der Waals surface area contributed by atoms with Gasteiger partial charge in [0.1, 0.15) is 0 Å². The normalized spacial score (nSPS) is 19.0. The number of amides is 2. The second-order valence-electron chi connectivity index (χ2n) is 6.17. The van der Waals surface area contributed by atoms with Crippen molar-refractivity contribution in [1.29, 1.82) is 0 Å². The summed E-state index contributed by atoms with van der Waals surface area (Å²) < 4.78 is 10.7. The first-order chi connectivity index (χ1) is 12.6. The van der Waals surface area contributed by atoms with Crippen molar-refractivity contribution in [3.8, 4) is 11.5 Å². The molecule has 134 valence electrons. The van der Waals surface area contributed by atoms with Crippen molar-refractivity contribution >= 4 is 23.4 Å². The topological polar surface area (TPSA) is 67.9 Å². The highest BCUT2D eigenvalue weighted by atomic mass is 35.5. The van der Waals surface area contributed by atoms with Gasteiger partial charge in [0, 0.05) is 18.7 Å². The van der Waals surface area contributed by atoms with Gasteiger partial charge >= 0.3 is 0 Å². The second kappa shape index (κ2) is 6.88. The van der Waals surface area contributed by atoms with Crippen molar-refractivity contribution < 1.29 is 19.1 Å². The van der Waals surface area contributed by atoms with E-state index in [0.29, 0.717) is 35.2 Å². The Morgan fingerprint density at radius 1 is 1.19 bits per heavy atom. The lowest BCUT2D eigenvalue weighted by molar-refractivity contribution is -0.121. The maximum atomic E-state index is 13.2. The van der Waals surface area contributed by atoms with Gasteiger partial charge in [0.2, 0.25) is 12.7 Å². The molecule has 0 aromatic heterocycles. The number of nitrogens with zero attached hydrogens (tertiary/aromatic N) is 1. The van der Waals surface area contributed by atoms with Gasteiger partial charge in [-0.25, -0.2) is 0 Å². The minimum atomic E-state index is -0.338. The highest BCUT2D eigenvalue weighted by Gasteiger charge is 2.31. The first kappa shape index (κ1) is 16.7. The summed E-state index contributed by atoms with van der Waals surface area (Å²) in [5.41, 5.74) is 1.33. The van der Waals surface area contributed by atoms with Gasteiger partial charge in [-0.05, 0) is 17.7 Å². The quantitative estimate of drug-likeness (QED) is 0.880. The number of fused-ring (bicyclic) bond motifs is 1. The SMILES string of the molecule is O=C1C[C@H](c2ccccc2)N(C(=O)c2cc(Cl)c3c(c2)OCO3)CCN1. The molecule has 2 aliphatic rings. The van der Waals surface area contributed by atoms with Crippen LogP contribution in [-0.2, 0) is 4.79 Å². The Hall–Kier alpha value is -2.73. The fraction of sp³-hybridized carbons (Fsp3) is 0.263. The average Bonchev–Trinajstić information content (AvgIpc) is 3.05. The molecule has 1 saturated heterocycles. The molecule has 0 aliphatic carbocycles. The van der Waals surface area contributed by atoms with Crippen LogP contribution in [0.5, 0.6) is 11.5 Å². The number of rotatable bonds is 2. The van der Waals surface area contributed by atoms with Crippen LogP contribution in [0.25, 0.3) is 0 Å². The summed E-state index contributed by atoms with van der Waals surface area (Å²) >= 11 is 6.22. The van der Waals surface area contributed by atoms with Crippen LogP contribution >= 0.6 is 11.6 Å². The summed E-state index contributed by atoms with van der Waals surface area (Å²) in [7, 11) is 0. The Morgan fingerprint density at radius 3 is 2.81 bits per heavy atom. The lowest BCUT2D eigenvalue weighted by Gasteiger charge is -2.29. The Labute approximate surface area is 155 Å². The molecule has 1 N–H and O–H groups in total. The van der Waals surface area contributed by atoms with E-state index >= 15 is 0 Å². The Morgan fingerprint density at radius 2 is 2.00 bits per heavy atom. The molecule has 2 amide bonds. The molecule has 26 heavy (non-hydrogen) atoms. The third-order valence-electron chi connectivity index (χ3n) is 4.55. The molecule has 2 aliphatic heterocycles. The molecule has 4 rings (SSSR count). The number of nitrogens with one attached hydrogen (secondary N) is 1. The van der Waals surface area contributed by atoms with Crippen LogP contribution in [0.4, 0.5) is 0 Å². The molecule has 0 unspecified atom stereocenters. The van der Waals surface area contributed by atoms with E-state index in [1.54, 1.807) is 17.0 Å². The van der Waals surface area contributed by atoms with E-state index < -0.39 is 0 Å². The lowest BCUT2D eigenvalue weighted by Crippen LogP contribution is -2.36. The Bertz CT molecular complexity index is 856. The summed E-state index contributed by atoms with van der Waals surface area (Å²) in [6, 6.07) is 12.4. The van der Waals surface area contributed by atoms with Crippen LogP contribution in [0.15, 0.2) is 42.5 Å². The van der Waals surface area contributed by atoms with E-state index in [9.17, 15) is 9.59 Å². The zero-order valence-electron chi connectivity index (χ0n) is 13.9. The standard InChI is InChI=1S/C19H17ClN2O4/c20-14-8-13(9-16-18(14)26-11-25-16)19(24)22-7-6-21-17(23)10-15(22)12-4-2-1-3-5-12/h1-5,8-9,15H,6-7,10-11H2,(H,21,23)/t15-/m1/s1. The first-order valence-electron chi connectivity index (χ1n) is 8.35. The predicted molar refractivity (Wildman–Crippen MR) is 95.4 cm³/mol. The molecule has 0 radical (unpaired) electrons. The zero-order chi connectivity index (χ0) is 18.1. The highest BCUT2D eigenvalue weighted by Crippen LogP contribution is 2.40. The molecule has 7 heteroatoms. The highest BCUT2D eigenvalue weighted by molar-refractivity contribution is 6.32. The zero-order valence-corrected chi connectivity index (χ0v) is 14.7. The third-order valence-corrected chi connectivity index (χ3v) is 4.83. The van der Waals surface area contributed by atoms with Gasteiger partial charge in [0.15, 0.2) is 11.5 Å². The second-order valence-corrected chi connectivity index (χ2v) is 6.58. The summed E-state index contributed by atoms with van der Waals surface area (Å²) in [4.78, 5) is 27.0. The van der Waals surface area contributed by atoms with Crippen LogP contribution in [0.2, 0.25) is 5.02 Å². The van der Waals surface area contributed by atoms with Gasteiger partial charge in [-0.15, -0.1) is 0 Å². The summed E-state index contributed by atoms with van der Waals surface area (Å²) in [5.74, 6) is 0.644. The van der Waals surface area contributed by atoms with Crippen LogP contribution in [-0.4, -0.2) is 36.6 Å². The number of ether oxygens (including phenoxy) is 2. The van der Waals surface area contributed by atoms with Crippen LogP contribution in [0.1, 0.15) is 28.4 Å². The van der Waals surface area contributed by atoms with Gasteiger partial charge in [0.05, 0.1) is 17.5 Å². The van der Waals surface area contributed by atoms with Crippen molar-refractivity contribution in [3.63, 3.8) is 0 Å². The van der Waals surface area contributed by atoms with E-state index in [1.807, 2.05) is 30.3 Å². The molecule has 1 fully saturated rings. The number of carbonyl (C=O) groups excluding carboxylic acids is 2. The third kappa shape index (κ3) is 3.08. The summed E-state index contributed by atoms with van der Waals surface area (Å²) in [6.07, 6.45) is 0.216. The molecular formula is C19H17ClN2O4. The molecular weight excluding hydrogens is 356 g/mol. The monoisotopic (exact) mass is 372 g/mol. The van der Waals surface area contributed by atoms with E-state index in [2.05, 4.69) is 5.32 Å². The fourth-order valence-electron chi connectivity index (χ4n) is 3.30. The number of hydrogen-bond acceptors (Lipinski definition) is 4. The van der Waals surface area contributed by atoms with Gasteiger partial charge in [-0.2, -0.15) is 0 Å². The maximum absolute atomic E-state index is 13.2. The number of halogens is 1. The van der Waals surface area contributed by atoms with E-state index in [1.165, 1.54) is 0 Å². The van der Waals surface area contributed by atoms with Crippen LogP contribution in [0.3, 0.4) is 0 Å². The fourth-order valence-corrected chi connectivity index (χ4v) is 3.57. The lowest BCUT2D eigenvalue weighted by atomic mass is 10.0. The first-order valence-corrected chi connectivity index (χ1v) is 8.73. The van der Waals surface area contributed by atoms with E-state index in [0.717, 1.165) is 5.56 Å². The minimum Gasteiger partial charge on any atom is -0.454 e. The maximum Gasteiger partial charge on any atom is 0.254 e. The Kier molecular flexibility index (Phi) is 4.42. The largest absolute Gasteiger partial charge is 0.454 e. The van der Waals surface area contributed by atoms with E-state index in [-0.39, 0.29) is 31.1 Å². The minimum absolute atomic E-state index is 0.0714. The molecule has 0 spiro atoms. The molecule has 2 aromatic carbocycles. The van der Waals surface area contributed by atoms with Gasteiger partial charge in [0.25, 0.3) is 5.91 Å². The van der Waals surface area contributed by atoms with E-state index in [4.69, 9.17) is 21.1 Å². The number of hydrogen-bond donors (Lipinski definition) is 1. The van der Waals surface area contributed by atoms with Crippen LogP contribution < -0.4 is 14.8 Å². The van der Waals surface area contributed by atoms with Crippen molar-refractivity contribution in [3.05, 3.63) is 58.6 Å². The van der Waals surface area contributed by atoms with Gasteiger partial charge in [-0.3, -0.25) is 9.59 Å². The summed E-state index contributed by atoms with van der Waals surface area (Å²) in [5, 5.41) is 3.17. The molecule has 2 heterocycles. The molecule has 6 nitrogen and oxygen atoms in total. The van der Waals surface area contributed by atoms with Crippen molar-refractivity contribution in [2.75, 3.05) is 19.9 Å². The number of benzene rings is 2. The van der Waals surface area contributed by atoms with Gasteiger partial charge in [-0.1, -0.05) is 41.9 Å². The van der Waals surface area contributed by atoms with Crippen molar-refractivity contribution in [2.45, 2.75) is 12.5 Å². The molecule has 0 saturated carbocycles. The molecule has 1 atom stereocenters. The Balaban J connectivity index is 1.70. The molecule has 2 aromatic rings. The number of carbonyl (C=O) groups is 2. The average molecular weight is 373 g/mol. The predicted octanol–water partition coefficient (Wildman–Crippen LogP) is 2.77. The smallest absolute Gasteiger partial charge is 0.254 e. The van der Waals surface area contributed by atoms with Crippen LogP contribution in [0, 0.1) is 0 Å². The summed E-state index contributed by atoms with van der Waals surface area (Å²) in [6.45, 7) is 0.907. The van der Waals surface area contributed by atoms with Crippen molar-refractivity contribution in [1.82, 2.24) is 10.2 Å². The molecule has 0 bridgehead atoms. The van der Waals surface area contributed by atoms with Gasteiger partial charge < -0.3 is 19.7 Å². The van der Waals surface area contributed by atoms with Crippen molar-refractivity contribution in [2.24, 2.45) is 0 Å².